The topological polar surface area (TPSA) is 21.3 Å². The molecular weight excluding hydrogens is 234 g/mol. The van der Waals surface area contributed by atoms with Crippen molar-refractivity contribution in [2.24, 2.45) is 5.92 Å². The Balaban J connectivity index is 1.99. The van der Waals surface area contributed by atoms with Crippen molar-refractivity contribution in [3.63, 3.8) is 0 Å². The molecule has 0 amide bonds. The van der Waals surface area contributed by atoms with Crippen LogP contribution in [0.2, 0.25) is 0 Å². The van der Waals surface area contributed by atoms with E-state index in [1.54, 1.807) is 0 Å². The molecule has 1 fully saturated rings. The van der Waals surface area contributed by atoms with Gasteiger partial charge in [0.05, 0.1) is 6.61 Å². The fourth-order valence-corrected chi connectivity index (χ4v) is 3.64. The van der Waals surface area contributed by atoms with Crippen molar-refractivity contribution in [3.05, 3.63) is 29.3 Å². The van der Waals surface area contributed by atoms with Gasteiger partial charge in [0, 0.05) is 12.0 Å². The molecule has 2 heterocycles. The van der Waals surface area contributed by atoms with Gasteiger partial charge >= 0.3 is 0 Å². The highest BCUT2D eigenvalue weighted by molar-refractivity contribution is 5.42. The Bertz CT molecular complexity index is 445. The minimum atomic E-state index is 0.161. The van der Waals surface area contributed by atoms with Crippen molar-refractivity contribution in [1.82, 2.24) is 5.32 Å². The van der Waals surface area contributed by atoms with Crippen molar-refractivity contribution in [3.8, 4) is 5.75 Å². The van der Waals surface area contributed by atoms with Crippen molar-refractivity contribution in [2.75, 3.05) is 13.2 Å². The van der Waals surface area contributed by atoms with Crippen LogP contribution in [-0.4, -0.2) is 13.2 Å². The van der Waals surface area contributed by atoms with Gasteiger partial charge in [0.15, 0.2) is 0 Å². The van der Waals surface area contributed by atoms with Gasteiger partial charge in [-0.15, -0.1) is 0 Å². The SMILES string of the molecule is CC(C)C1(c2ccc3c(c2)CCO3)CCCCCN1. The van der Waals surface area contributed by atoms with Gasteiger partial charge in [-0.3, -0.25) is 0 Å². The Morgan fingerprint density at radius 2 is 2.11 bits per heavy atom. The second kappa shape index (κ2) is 5.16. The summed E-state index contributed by atoms with van der Waals surface area (Å²) in [5.41, 5.74) is 3.02. The van der Waals surface area contributed by atoms with E-state index < -0.39 is 0 Å². The lowest BCUT2D eigenvalue weighted by atomic mass is 9.76. The molecule has 1 N–H and O–H groups in total. The average molecular weight is 259 g/mol. The van der Waals surface area contributed by atoms with Crippen LogP contribution in [0.15, 0.2) is 18.2 Å². The van der Waals surface area contributed by atoms with Gasteiger partial charge in [-0.2, -0.15) is 0 Å². The van der Waals surface area contributed by atoms with Gasteiger partial charge in [0.2, 0.25) is 0 Å². The second-order valence-electron chi connectivity index (χ2n) is 6.28. The first-order valence-electron chi connectivity index (χ1n) is 7.73. The van der Waals surface area contributed by atoms with Gasteiger partial charge < -0.3 is 10.1 Å². The molecule has 1 aromatic carbocycles. The highest BCUT2D eigenvalue weighted by atomic mass is 16.5. The van der Waals surface area contributed by atoms with Crippen LogP contribution in [0.25, 0.3) is 0 Å². The lowest BCUT2D eigenvalue weighted by Gasteiger charge is -2.39. The van der Waals surface area contributed by atoms with Crippen LogP contribution < -0.4 is 10.1 Å². The number of hydrogen-bond acceptors (Lipinski definition) is 2. The van der Waals surface area contributed by atoms with E-state index in [1.165, 1.54) is 36.8 Å². The molecule has 0 aliphatic carbocycles. The lowest BCUT2D eigenvalue weighted by molar-refractivity contribution is 0.230. The van der Waals surface area contributed by atoms with Crippen LogP contribution in [0.4, 0.5) is 0 Å². The minimum absolute atomic E-state index is 0.161. The van der Waals surface area contributed by atoms with Crippen LogP contribution >= 0.6 is 0 Å². The average Bonchev–Trinajstić information content (AvgIpc) is 2.72. The fourth-order valence-electron chi connectivity index (χ4n) is 3.64. The van der Waals surface area contributed by atoms with Gasteiger partial charge in [0.25, 0.3) is 0 Å². The first kappa shape index (κ1) is 13.0. The summed E-state index contributed by atoms with van der Waals surface area (Å²) in [6.45, 7) is 6.69. The molecule has 0 spiro atoms. The Labute approximate surface area is 116 Å². The number of nitrogens with one attached hydrogen (secondary N) is 1. The number of benzene rings is 1. The van der Waals surface area contributed by atoms with E-state index in [-0.39, 0.29) is 5.54 Å². The summed E-state index contributed by atoms with van der Waals surface area (Å²) >= 11 is 0. The Hall–Kier alpha value is -1.02. The summed E-state index contributed by atoms with van der Waals surface area (Å²) in [5.74, 6) is 1.71. The summed E-state index contributed by atoms with van der Waals surface area (Å²) in [7, 11) is 0. The molecule has 1 saturated heterocycles. The van der Waals surface area contributed by atoms with Crippen molar-refractivity contribution >= 4 is 0 Å². The molecule has 0 aromatic heterocycles. The molecule has 2 aliphatic heterocycles. The largest absolute Gasteiger partial charge is 0.493 e. The monoisotopic (exact) mass is 259 g/mol. The fraction of sp³-hybridized carbons (Fsp3) is 0.647. The van der Waals surface area contributed by atoms with Gasteiger partial charge in [-0.25, -0.2) is 0 Å². The normalized spacial score (nSPS) is 26.9. The quantitative estimate of drug-likeness (QED) is 0.875. The third-order valence-corrected chi connectivity index (χ3v) is 4.88. The third kappa shape index (κ3) is 2.27. The molecule has 2 nitrogen and oxygen atoms in total. The molecule has 0 saturated carbocycles. The second-order valence-corrected chi connectivity index (χ2v) is 6.28. The molecular formula is C17H25NO. The van der Waals surface area contributed by atoms with Crippen molar-refractivity contribution < 1.29 is 4.74 Å². The van der Waals surface area contributed by atoms with Crippen LogP contribution in [-0.2, 0) is 12.0 Å². The van der Waals surface area contributed by atoms with E-state index in [4.69, 9.17) is 4.74 Å². The van der Waals surface area contributed by atoms with Crippen LogP contribution in [0, 0.1) is 5.92 Å². The van der Waals surface area contributed by atoms with Crippen LogP contribution in [0.5, 0.6) is 5.75 Å². The molecule has 1 atom stereocenters. The van der Waals surface area contributed by atoms with Crippen LogP contribution in [0.3, 0.4) is 0 Å². The van der Waals surface area contributed by atoms with Crippen molar-refractivity contribution in [1.29, 1.82) is 0 Å². The highest BCUT2D eigenvalue weighted by Gasteiger charge is 2.36. The maximum Gasteiger partial charge on any atom is 0.122 e. The van der Waals surface area contributed by atoms with Gasteiger partial charge in [-0.05, 0) is 42.5 Å². The smallest absolute Gasteiger partial charge is 0.122 e. The standard InChI is InChI=1S/C17H25NO/c1-13(2)17(9-4-3-5-10-18-17)15-6-7-16-14(12-15)8-11-19-16/h6-7,12-13,18H,3-5,8-11H2,1-2H3. The highest BCUT2D eigenvalue weighted by Crippen LogP contribution is 2.39. The summed E-state index contributed by atoms with van der Waals surface area (Å²) in [6.07, 6.45) is 6.32. The van der Waals surface area contributed by atoms with Gasteiger partial charge in [0.1, 0.15) is 5.75 Å². The van der Waals surface area contributed by atoms with Crippen molar-refractivity contribution in [2.45, 2.75) is 51.5 Å². The Kier molecular flexibility index (Phi) is 3.53. The Morgan fingerprint density at radius 1 is 1.21 bits per heavy atom. The first-order chi connectivity index (χ1) is 9.22. The summed E-state index contributed by atoms with van der Waals surface area (Å²) in [4.78, 5) is 0. The molecule has 1 aromatic rings. The predicted molar refractivity (Wildman–Crippen MR) is 78.6 cm³/mol. The molecule has 1 unspecified atom stereocenters. The molecule has 19 heavy (non-hydrogen) atoms. The molecule has 2 heteroatoms. The zero-order valence-corrected chi connectivity index (χ0v) is 12.2. The number of rotatable bonds is 2. The maximum atomic E-state index is 5.64. The van der Waals surface area contributed by atoms with Crippen LogP contribution in [0.1, 0.15) is 50.7 Å². The minimum Gasteiger partial charge on any atom is -0.493 e. The van der Waals surface area contributed by atoms with E-state index in [9.17, 15) is 0 Å². The molecule has 0 radical (unpaired) electrons. The number of fused-ring (bicyclic) bond motifs is 1. The predicted octanol–water partition coefficient (Wildman–Crippen LogP) is 3.64. The van der Waals surface area contributed by atoms with E-state index in [0.717, 1.165) is 25.3 Å². The molecule has 0 bridgehead atoms. The van der Waals surface area contributed by atoms with E-state index >= 15 is 0 Å². The molecule has 2 aliphatic rings. The van der Waals surface area contributed by atoms with E-state index in [1.807, 2.05) is 0 Å². The summed E-state index contributed by atoms with van der Waals surface area (Å²) in [6, 6.07) is 6.84. The lowest BCUT2D eigenvalue weighted by Crippen LogP contribution is -2.46. The zero-order chi connectivity index (χ0) is 13.3. The Morgan fingerprint density at radius 3 is 2.95 bits per heavy atom. The first-order valence-corrected chi connectivity index (χ1v) is 7.73. The molecule has 104 valence electrons. The summed E-state index contributed by atoms with van der Waals surface area (Å²) in [5, 5.41) is 3.86. The van der Waals surface area contributed by atoms with Gasteiger partial charge in [-0.1, -0.05) is 38.8 Å². The molecule has 3 rings (SSSR count). The third-order valence-electron chi connectivity index (χ3n) is 4.88. The zero-order valence-electron chi connectivity index (χ0n) is 12.2. The summed E-state index contributed by atoms with van der Waals surface area (Å²) < 4.78 is 5.64. The van der Waals surface area contributed by atoms with E-state index in [2.05, 4.69) is 37.4 Å². The number of ether oxygens (including phenoxy) is 1. The van der Waals surface area contributed by atoms with E-state index in [0.29, 0.717) is 5.92 Å². The maximum absolute atomic E-state index is 5.64. The number of hydrogen-bond donors (Lipinski definition) is 1.